The summed E-state index contributed by atoms with van der Waals surface area (Å²) in [4.78, 5) is 25.5. The molecule has 1 amide bonds. The molecule has 0 aliphatic carbocycles. The van der Waals surface area contributed by atoms with Crippen molar-refractivity contribution in [2.75, 3.05) is 17.9 Å². The van der Waals surface area contributed by atoms with Crippen LogP contribution in [0.1, 0.15) is 89.2 Å². The van der Waals surface area contributed by atoms with Crippen molar-refractivity contribution < 1.29 is 22.7 Å². The fraction of sp³-hybridized carbons (Fsp3) is 0.528. The third kappa shape index (κ3) is 7.89. The Morgan fingerprint density at radius 3 is 2.22 bits per heavy atom. The molecular weight excluding hydrogens is 600 g/mol. The highest BCUT2D eigenvalue weighted by Crippen LogP contribution is 2.40. The van der Waals surface area contributed by atoms with E-state index >= 15 is 0 Å². The van der Waals surface area contributed by atoms with Gasteiger partial charge in [0.1, 0.15) is 6.61 Å². The molecule has 46 heavy (non-hydrogen) atoms. The number of nitrogens with one attached hydrogen (secondary N) is 1. The van der Waals surface area contributed by atoms with Gasteiger partial charge >= 0.3 is 0 Å². The Labute approximate surface area is 274 Å². The number of hydrogen-bond acceptors (Lipinski definition) is 7. The number of amides is 1. The summed E-state index contributed by atoms with van der Waals surface area (Å²) in [6, 6.07) is 13.6. The van der Waals surface area contributed by atoms with Crippen LogP contribution in [0.2, 0.25) is 0 Å². The lowest BCUT2D eigenvalue weighted by Gasteiger charge is -2.47. The highest BCUT2D eigenvalue weighted by atomic mass is 32.2. The Morgan fingerprint density at radius 2 is 1.59 bits per heavy atom. The molecule has 9 nitrogen and oxygen atoms in total. The summed E-state index contributed by atoms with van der Waals surface area (Å²) in [5.41, 5.74) is 2.89. The van der Waals surface area contributed by atoms with Gasteiger partial charge in [-0.05, 0) is 101 Å². The summed E-state index contributed by atoms with van der Waals surface area (Å²) in [5, 5.41) is 0. The number of nitrogens with zero attached hydrogens (tertiary/aromatic N) is 3. The zero-order valence-electron chi connectivity index (χ0n) is 28.6. The van der Waals surface area contributed by atoms with Crippen LogP contribution in [0.25, 0.3) is 11.3 Å². The van der Waals surface area contributed by atoms with E-state index in [2.05, 4.69) is 63.2 Å². The van der Waals surface area contributed by atoms with E-state index in [0.29, 0.717) is 24.2 Å². The van der Waals surface area contributed by atoms with Gasteiger partial charge in [-0.2, -0.15) is 4.98 Å². The minimum Gasteiger partial charge on any atom is -0.475 e. The van der Waals surface area contributed by atoms with Crippen LogP contribution in [-0.2, 0) is 14.8 Å². The molecule has 0 spiro atoms. The van der Waals surface area contributed by atoms with Crippen molar-refractivity contribution in [1.82, 2.24) is 14.9 Å². The van der Waals surface area contributed by atoms with Gasteiger partial charge in [-0.25, -0.2) is 18.1 Å². The summed E-state index contributed by atoms with van der Waals surface area (Å²) in [6.45, 7) is 19.5. The molecule has 0 radical (unpaired) electrons. The molecule has 1 saturated heterocycles. The monoisotopic (exact) mass is 648 g/mol. The predicted molar refractivity (Wildman–Crippen MR) is 181 cm³/mol. The molecule has 4 bridgehead atoms. The number of benzene rings is 2. The number of hydrogen-bond donors (Lipinski definition) is 1. The van der Waals surface area contributed by atoms with Crippen LogP contribution in [0, 0.1) is 25.2 Å². The number of carbonyl (C=O) groups is 1. The summed E-state index contributed by atoms with van der Waals surface area (Å²) in [5.74, 6) is 0.0685. The Hall–Kier alpha value is -3.50. The maximum atomic E-state index is 14.5. The molecule has 5 rings (SSSR count). The number of aryl methyl sites for hydroxylation is 2. The minimum atomic E-state index is -4.14. The highest BCUT2D eigenvalue weighted by Gasteiger charge is 2.41. The van der Waals surface area contributed by atoms with Gasteiger partial charge in [-0.3, -0.25) is 4.79 Å². The van der Waals surface area contributed by atoms with E-state index in [1.54, 1.807) is 18.2 Å². The zero-order valence-corrected chi connectivity index (χ0v) is 29.4. The van der Waals surface area contributed by atoms with Crippen molar-refractivity contribution in [3.8, 4) is 17.1 Å². The van der Waals surface area contributed by atoms with Gasteiger partial charge in [-0.15, -0.1) is 0 Å². The Balaban J connectivity index is 1.65. The normalized spacial score (nSPS) is 21.3. The molecule has 1 fully saturated rings. The highest BCUT2D eigenvalue weighted by molar-refractivity contribution is 7.92. The van der Waals surface area contributed by atoms with Gasteiger partial charge in [0, 0.05) is 23.7 Å². The topological polar surface area (TPSA) is 111 Å². The Kier molecular flexibility index (Phi) is 9.03. The number of carbonyl (C=O) groups excluding carboxylic acids is 1. The van der Waals surface area contributed by atoms with Crippen molar-refractivity contribution in [3.63, 3.8) is 0 Å². The van der Waals surface area contributed by atoms with Gasteiger partial charge in [0.2, 0.25) is 11.8 Å². The summed E-state index contributed by atoms with van der Waals surface area (Å²) in [6.07, 6.45) is 2.23. The first-order chi connectivity index (χ1) is 21.3. The van der Waals surface area contributed by atoms with E-state index in [0.717, 1.165) is 29.5 Å². The van der Waals surface area contributed by atoms with E-state index in [1.165, 1.54) is 12.1 Å². The predicted octanol–water partition coefficient (Wildman–Crippen LogP) is 7.18. The van der Waals surface area contributed by atoms with Crippen molar-refractivity contribution in [2.45, 2.75) is 104 Å². The fourth-order valence-corrected chi connectivity index (χ4v) is 8.27. The fourth-order valence-electron chi connectivity index (χ4n) is 7.28. The number of anilines is 1. The lowest BCUT2D eigenvalue weighted by atomic mass is 9.80. The Bertz CT molecular complexity index is 1690. The van der Waals surface area contributed by atoms with E-state index in [9.17, 15) is 13.2 Å². The third-order valence-corrected chi connectivity index (χ3v) is 9.92. The van der Waals surface area contributed by atoms with Crippen molar-refractivity contribution in [1.29, 1.82) is 0 Å². The van der Waals surface area contributed by atoms with E-state index < -0.39 is 10.0 Å². The van der Waals surface area contributed by atoms with E-state index in [1.807, 2.05) is 36.9 Å². The van der Waals surface area contributed by atoms with Crippen LogP contribution in [0.4, 0.5) is 5.95 Å². The molecular formula is C36H48N4O5S. The molecule has 2 aromatic carbocycles. The molecule has 3 heterocycles. The van der Waals surface area contributed by atoms with Crippen molar-refractivity contribution in [2.24, 2.45) is 11.3 Å². The van der Waals surface area contributed by atoms with Crippen LogP contribution in [-0.4, -0.2) is 59.6 Å². The van der Waals surface area contributed by atoms with E-state index in [4.69, 9.17) is 9.47 Å². The summed E-state index contributed by atoms with van der Waals surface area (Å²) in [7, 11) is -4.14. The van der Waals surface area contributed by atoms with Gasteiger partial charge < -0.3 is 14.4 Å². The van der Waals surface area contributed by atoms with Crippen LogP contribution >= 0.6 is 0 Å². The number of rotatable bonds is 4. The smallest absolute Gasteiger partial charge is 0.264 e. The first-order valence-electron chi connectivity index (χ1n) is 16.0. The standard InChI is InChI=1S/C36H48N4O5S/c1-23-12-10-13-24(2)31(23)29-17-30-38-33(37-29)39-46(42,43)28-15-11-14-26(16-28)32(41)40(27(22-44-30)20-34(3,4)5)21-25-18-35(6,7)45-36(8,9)19-25/h10-17,25,27H,18-22H2,1-9H3,(H,37,38,39)/t27-/m1/s1. The van der Waals surface area contributed by atoms with Gasteiger partial charge in [0.15, 0.2) is 0 Å². The second-order valence-electron chi connectivity index (χ2n) is 15.4. The average Bonchev–Trinajstić information content (AvgIpc) is 2.91. The minimum absolute atomic E-state index is 0.0400. The number of fused-ring (bicyclic) bond motifs is 4. The van der Waals surface area contributed by atoms with Gasteiger partial charge in [0.05, 0.1) is 27.8 Å². The zero-order chi connectivity index (χ0) is 33.7. The number of aromatic nitrogens is 2. The summed E-state index contributed by atoms with van der Waals surface area (Å²) >= 11 is 0. The van der Waals surface area contributed by atoms with Crippen LogP contribution in [0.3, 0.4) is 0 Å². The van der Waals surface area contributed by atoms with Gasteiger partial charge in [0.25, 0.3) is 15.9 Å². The van der Waals surface area contributed by atoms with E-state index in [-0.39, 0.29) is 57.8 Å². The first kappa shape index (κ1) is 33.9. The second-order valence-corrected chi connectivity index (χ2v) is 17.1. The molecule has 0 saturated carbocycles. The molecule has 0 unspecified atom stereocenters. The van der Waals surface area contributed by atoms with Crippen molar-refractivity contribution in [3.05, 3.63) is 65.2 Å². The lowest BCUT2D eigenvalue weighted by molar-refractivity contribution is -0.174. The molecule has 2 aliphatic rings. The average molecular weight is 649 g/mol. The first-order valence-corrected chi connectivity index (χ1v) is 17.5. The third-order valence-electron chi connectivity index (χ3n) is 8.60. The quantitative estimate of drug-likeness (QED) is 0.319. The number of ether oxygens (including phenoxy) is 2. The maximum absolute atomic E-state index is 14.5. The molecule has 1 atom stereocenters. The molecule has 1 N–H and O–H groups in total. The maximum Gasteiger partial charge on any atom is 0.264 e. The van der Waals surface area contributed by atoms with Gasteiger partial charge in [-0.1, -0.05) is 45.0 Å². The molecule has 10 heteroatoms. The largest absolute Gasteiger partial charge is 0.475 e. The lowest BCUT2D eigenvalue weighted by Crippen LogP contribution is -2.52. The second kappa shape index (κ2) is 12.3. The van der Waals surface area contributed by atoms with Crippen molar-refractivity contribution >= 4 is 21.9 Å². The Morgan fingerprint density at radius 1 is 0.957 bits per heavy atom. The molecule has 248 valence electrons. The SMILES string of the molecule is Cc1cccc(C)c1-c1cc2nc(n1)NS(=O)(=O)c1cccc(c1)C(=O)N(CC1CC(C)(C)OC(C)(C)C1)[C@H](CC(C)(C)C)CO2. The molecule has 1 aromatic heterocycles. The van der Waals surface area contributed by atoms with Crippen LogP contribution < -0.4 is 9.46 Å². The molecule has 3 aromatic rings. The van der Waals surface area contributed by atoms with Crippen LogP contribution in [0.5, 0.6) is 5.88 Å². The molecule has 2 aliphatic heterocycles. The van der Waals surface area contributed by atoms with Crippen LogP contribution in [0.15, 0.2) is 53.4 Å². The number of sulfonamides is 1. The summed E-state index contributed by atoms with van der Waals surface area (Å²) < 4.78 is 42.7.